The molecule has 8 heteroatoms. The fourth-order valence-corrected chi connectivity index (χ4v) is 2.94. The average molecular weight is 390 g/mol. The number of aliphatic hydroxyl groups excluding tert-OH is 1. The maximum Gasteiger partial charge on any atom is 0.225 e. The van der Waals surface area contributed by atoms with Crippen molar-refractivity contribution in [3.05, 3.63) is 42.2 Å². The maximum absolute atomic E-state index is 12.2. The van der Waals surface area contributed by atoms with Gasteiger partial charge in [0.05, 0.1) is 31.6 Å². The number of hydrogen-bond donors (Lipinski definition) is 3. The Balaban J connectivity index is 1.79. The van der Waals surface area contributed by atoms with Gasteiger partial charge in [-0.15, -0.1) is 0 Å². The molecule has 1 aliphatic rings. The van der Waals surface area contributed by atoms with Gasteiger partial charge in [0.15, 0.2) is 0 Å². The summed E-state index contributed by atoms with van der Waals surface area (Å²) in [6.45, 7) is 1.28. The maximum atomic E-state index is 12.2. The number of aromatic nitrogens is 1. The van der Waals surface area contributed by atoms with Crippen LogP contribution in [0.1, 0.15) is 18.4 Å². The van der Waals surface area contributed by atoms with Gasteiger partial charge in [0.25, 0.3) is 0 Å². The number of carbonyl (C=O) groups excluding carboxylic acids is 2. The van der Waals surface area contributed by atoms with Gasteiger partial charge < -0.3 is 25.4 Å². The Bertz CT molecular complexity index is 651. The number of carbonyl (C=O) groups is 2. The summed E-state index contributed by atoms with van der Waals surface area (Å²) in [5.41, 5.74) is 0.810. The highest BCUT2D eigenvalue weighted by Crippen LogP contribution is 2.16. The van der Waals surface area contributed by atoms with Crippen molar-refractivity contribution in [2.75, 3.05) is 33.8 Å². The van der Waals surface area contributed by atoms with E-state index in [1.54, 1.807) is 30.6 Å². The van der Waals surface area contributed by atoms with E-state index in [9.17, 15) is 14.7 Å². The second kappa shape index (κ2) is 11.5. The molecule has 1 aliphatic heterocycles. The van der Waals surface area contributed by atoms with Crippen molar-refractivity contribution in [2.24, 2.45) is 0 Å². The third-order valence-corrected chi connectivity index (χ3v) is 4.37. The SMILES string of the molecule is CN(C)CCCNC(=O)C[C@H]1C=C[C@H](NC(=O)Cc2cccnc2)[C@H](CO)O1. The monoisotopic (exact) mass is 390 g/mol. The summed E-state index contributed by atoms with van der Waals surface area (Å²) >= 11 is 0. The van der Waals surface area contributed by atoms with Crippen molar-refractivity contribution in [3.8, 4) is 0 Å². The minimum atomic E-state index is -0.589. The van der Waals surface area contributed by atoms with Gasteiger partial charge >= 0.3 is 0 Å². The lowest BCUT2D eigenvalue weighted by molar-refractivity contribution is -0.128. The number of nitrogens with zero attached hydrogens (tertiary/aromatic N) is 2. The minimum Gasteiger partial charge on any atom is -0.394 e. The number of pyridine rings is 1. The molecule has 3 atom stereocenters. The van der Waals surface area contributed by atoms with Gasteiger partial charge in [0.1, 0.15) is 6.10 Å². The zero-order valence-corrected chi connectivity index (χ0v) is 16.5. The number of rotatable bonds is 10. The first kappa shape index (κ1) is 22.0. The lowest BCUT2D eigenvalue weighted by atomic mass is 10.0. The molecule has 1 aromatic heterocycles. The molecule has 2 amide bonds. The normalized spacial score (nSPS) is 21.5. The molecule has 0 fully saturated rings. The van der Waals surface area contributed by atoms with Crippen LogP contribution in [-0.2, 0) is 20.7 Å². The van der Waals surface area contributed by atoms with Gasteiger partial charge in [-0.05, 0) is 38.7 Å². The van der Waals surface area contributed by atoms with Crippen LogP contribution in [0.15, 0.2) is 36.7 Å². The summed E-state index contributed by atoms with van der Waals surface area (Å²) in [6.07, 6.45) is 7.11. The third kappa shape index (κ3) is 7.75. The molecular formula is C20H30N4O4. The van der Waals surface area contributed by atoms with Crippen LogP contribution in [0.25, 0.3) is 0 Å². The number of ether oxygens (including phenoxy) is 1. The summed E-state index contributed by atoms with van der Waals surface area (Å²) in [5.74, 6) is -0.272. The first-order valence-electron chi connectivity index (χ1n) is 9.52. The van der Waals surface area contributed by atoms with Crippen molar-refractivity contribution in [1.82, 2.24) is 20.5 Å². The number of aliphatic hydroxyl groups is 1. The van der Waals surface area contributed by atoms with Crippen molar-refractivity contribution < 1.29 is 19.4 Å². The summed E-state index contributed by atoms with van der Waals surface area (Å²) in [5, 5.41) is 15.3. The first-order valence-corrected chi connectivity index (χ1v) is 9.52. The smallest absolute Gasteiger partial charge is 0.225 e. The summed E-state index contributed by atoms with van der Waals surface area (Å²) in [6, 6.07) is 3.17. The van der Waals surface area contributed by atoms with Gasteiger partial charge in [-0.3, -0.25) is 14.6 Å². The second-order valence-corrected chi connectivity index (χ2v) is 7.12. The Morgan fingerprint density at radius 2 is 2.11 bits per heavy atom. The van der Waals surface area contributed by atoms with Crippen LogP contribution in [-0.4, -0.2) is 78.8 Å². The zero-order valence-electron chi connectivity index (χ0n) is 16.5. The van der Waals surface area contributed by atoms with E-state index in [2.05, 4.69) is 20.5 Å². The van der Waals surface area contributed by atoms with Crippen molar-refractivity contribution >= 4 is 11.8 Å². The second-order valence-electron chi connectivity index (χ2n) is 7.12. The molecule has 0 bridgehead atoms. The molecular weight excluding hydrogens is 360 g/mol. The number of hydrogen-bond acceptors (Lipinski definition) is 6. The van der Waals surface area contributed by atoms with Gasteiger partial charge in [-0.1, -0.05) is 18.2 Å². The summed E-state index contributed by atoms with van der Waals surface area (Å²) in [7, 11) is 3.98. The standard InChI is InChI=1S/C20H30N4O4/c1-24(2)10-4-9-22-19(26)12-16-6-7-17(18(14-25)28-16)23-20(27)11-15-5-3-8-21-13-15/h3,5-8,13,16-18,25H,4,9-12,14H2,1-2H3,(H,22,26)(H,23,27)/t16-,17+,18+/m1/s1. The average Bonchev–Trinajstić information content (AvgIpc) is 2.67. The predicted octanol–water partition coefficient (Wildman–Crippen LogP) is -0.117. The number of amides is 2. The van der Waals surface area contributed by atoms with E-state index in [1.807, 2.05) is 20.2 Å². The Kier molecular flexibility index (Phi) is 9.06. The molecule has 0 saturated heterocycles. The lowest BCUT2D eigenvalue weighted by Gasteiger charge is -2.31. The molecule has 0 spiro atoms. The van der Waals surface area contributed by atoms with E-state index in [-0.39, 0.29) is 31.3 Å². The largest absolute Gasteiger partial charge is 0.394 e. The Labute approximate surface area is 166 Å². The first-order chi connectivity index (χ1) is 13.5. The van der Waals surface area contributed by atoms with Crippen molar-refractivity contribution in [2.45, 2.75) is 37.5 Å². The highest BCUT2D eigenvalue weighted by molar-refractivity contribution is 5.79. The molecule has 2 heterocycles. The van der Waals surface area contributed by atoms with Crippen LogP contribution < -0.4 is 10.6 Å². The van der Waals surface area contributed by atoms with Crippen molar-refractivity contribution in [3.63, 3.8) is 0 Å². The Hall–Kier alpha value is -2.29. The molecule has 2 rings (SSSR count). The molecule has 1 aromatic rings. The van der Waals surface area contributed by atoms with Crippen LogP contribution in [0.3, 0.4) is 0 Å². The van der Waals surface area contributed by atoms with Crippen LogP contribution in [0.5, 0.6) is 0 Å². The molecule has 0 radical (unpaired) electrons. The Morgan fingerprint density at radius 1 is 1.29 bits per heavy atom. The molecule has 0 aromatic carbocycles. The zero-order chi connectivity index (χ0) is 20.4. The quantitative estimate of drug-likeness (QED) is 0.380. The minimum absolute atomic E-state index is 0.0934. The molecule has 0 unspecified atom stereocenters. The topological polar surface area (TPSA) is 104 Å². The highest BCUT2D eigenvalue weighted by atomic mass is 16.5. The van der Waals surface area contributed by atoms with Gasteiger partial charge in [0.2, 0.25) is 11.8 Å². The van der Waals surface area contributed by atoms with Crippen LogP contribution in [0.2, 0.25) is 0 Å². The predicted molar refractivity (Wildman–Crippen MR) is 106 cm³/mol. The van der Waals surface area contributed by atoms with Crippen LogP contribution in [0, 0.1) is 0 Å². The van der Waals surface area contributed by atoms with Gasteiger partial charge in [-0.25, -0.2) is 0 Å². The highest BCUT2D eigenvalue weighted by Gasteiger charge is 2.28. The molecule has 0 aliphatic carbocycles. The fraction of sp³-hybridized carbons (Fsp3) is 0.550. The van der Waals surface area contributed by atoms with E-state index in [0.29, 0.717) is 6.54 Å². The van der Waals surface area contributed by atoms with E-state index in [0.717, 1.165) is 18.5 Å². The molecule has 154 valence electrons. The molecule has 28 heavy (non-hydrogen) atoms. The van der Waals surface area contributed by atoms with E-state index in [4.69, 9.17) is 4.74 Å². The third-order valence-electron chi connectivity index (χ3n) is 4.37. The van der Waals surface area contributed by atoms with E-state index < -0.39 is 18.2 Å². The Morgan fingerprint density at radius 3 is 2.79 bits per heavy atom. The van der Waals surface area contributed by atoms with E-state index >= 15 is 0 Å². The van der Waals surface area contributed by atoms with Gasteiger partial charge in [0, 0.05) is 18.9 Å². The number of nitrogens with one attached hydrogen (secondary N) is 2. The summed E-state index contributed by atoms with van der Waals surface area (Å²) in [4.78, 5) is 30.3. The van der Waals surface area contributed by atoms with Crippen LogP contribution in [0.4, 0.5) is 0 Å². The summed E-state index contributed by atoms with van der Waals surface area (Å²) < 4.78 is 5.78. The van der Waals surface area contributed by atoms with Crippen molar-refractivity contribution in [1.29, 1.82) is 0 Å². The lowest BCUT2D eigenvalue weighted by Crippen LogP contribution is -2.49. The van der Waals surface area contributed by atoms with Crippen LogP contribution >= 0.6 is 0 Å². The molecule has 3 N–H and O–H groups in total. The van der Waals surface area contributed by atoms with Gasteiger partial charge in [-0.2, -0.15) is 0 Å². The fourth-order valence-electron chi connectivity index (χ4n) is 2.94. The molecule has 0 saturated carbocycles. The molecule has 8 nitrogen and oxygen atoms in total. The van der Waals surface area contributed by atoms with E-state index in [1.165, 1.54) is 0 Å².